The number of hydrogen-bond acceptors (Lipinski definition) is 8. The number of non-ortho nitro benzene ring substituents is 1. The molecule has 0 aliphatic carbocycles. The van der Waals surface area contributed by atoms with E-state index in [0.717, 1.165) is 0 Å². The zero-order valence-corrected chi connectivity index (χ0v) is 17.0. The highest BCUT2D eigenvalue weighted by atomic mass is 16.7. The highest BCUT2D eigenvalue weighted by Gasteiger charge is 2.14. The average Bonchev–Trinajstić information content (AvgIpc) is 2.76. The van der Waals surface area contributed by atoms with Gasteiger partial charge in [0.25, 0.3) is 5.69 Å². The summed E-state index contributed by atoms with van der Waals surface area (Å²) in [4.78, 5) is 44.5. The lowest BCUT2D eigenvalue weighted by molar-refractivity contribution is -0.384. The number of anilines is 1. The molecule has 0 spiro atoms. The van der Waals surface area contributed by atoms with E-state index >= 15 is 0 Å². The van der Waals surface area contributed by atoms with Crippen molar-refractivity contribution in [1.29, 1.82) is 0 Å². The van der Waals surface area contributed by atoms with Gasteiger partial charge < -0.3 is 31.6 Å². The minimum atomic E-state index is -0.965. The number of nitrogens with one attached hydrogen (secondary N) is 2. The molecule has 0 aliphatic rings. The molecule has 12 heteroatoms. The maximum absolute atomic E-state index is 12.1. The Kier molecular flexibility index (Phi) is 8.92. The van der Waals surface area contributed by atoms with Crippen LogP contribution >= 0.6 is 0 Å². The van der Waals surface area contributed by atoms with Crippen molar-refractivity contribution < 1.29 is 28.8 Å². The number of nitro groups is 1. The van der Waals surface area contributed by atoms with E-state index in [2.05, 4.69) is 10.6 Å². The summed E-state index contributed by atoms with van der Waals surface area (Å²) in [6.07, 6.45) is -0.0911. The molecule has 0 fully saturated rings. The van der Waals surface area contributed by atoms with E-state index in [-0.39, 0.29) is 24.0 Å². The number of hydrogen-bond donors (Lipinski definition) is 4. The third kappa shape index (κ3) is 8.28. The van der Waals surface area contributed by atoms with E-state index in [1.54, 1.807) is 24.3 Å². The molecule has 6 N–H and O–H groups in total. The Morgan fingerprint density at radius 1 is 1.06 bits per heavy atom. The van der Waals surface area contributed by atoms with Crippen LogP contribution < -0.4 is 26.8 Å². The van der Waals surface area contributed by atoms with Crippen LogP contribution in [-0.4, -0.2) is 35.6 Å². The number of nitrogens with two attached hydrogens (primary N) is 2. The standard InChI is InChI=1S/C20H23N5O7/c21-17(2-1-11-23-19(22)27)18(26)24-14-5-3-13(4-6-14)12-31-20(28)32-16-9-7-15(8-10-16)25(29)30/h3-10,17H,1-2,11-12,21H2,(H,24,26)(H3,22,23,27). The molecule has 0 saturated carbocycles. The highest BCUT2D eigenvalue weighted by molar-refractivity contribution is 5.94. The van der Waals surface area contributed by atoms with Crippen molar-refractivity contribution in [2.45, 2.75) is 25.5 Å². The summed E-state index contributed by atoms with van der Waals surface area (Å²) in [6.45, 7) is 0.254. The Hall–Kier alpha value is -4.19. The molecule has 0 radical (unpaired) electrons. The first-order valence-corrected chi connectivity index (χ1v) is 9.52. The molecule has 2 aromatic carbocycles. The molecule has 0 aliphatic heterocycles. The minimum absolute atomic E-state index is 0.0770. The number of primary amides is 1. The summed E-state index contributed by atoms with van der Waals surface area (Å²) in [7, 11) is 0. The molecule has 1 atom stereocenters. The van der Waals surface area contributed by atoms with Crippen molar-refractivity contribution in [2.75, 3.05) is 11.9 Å². The lowest BCUT2D eigenvalue weighted by atomic mass is 10.1. The lowest BCUT2D eigenvalue weighted by Gasteiger charge is -2.12. The zero-order chi connectivity index (χ0) is 23.5. The van der Waals surface area contributed by atoms with Crippen molar-refractivity contribution in [3.05, 3.63) is 64.2 Å². The summed E-state index contributed by atoms with van der Waals surface area (Å²) in [6, 6.07) is 10.2. The van der Waals surface area contributed by atoms with E-state index in [4.69, 9.17) is 20.9 Å². The van der Waals surface area contributed by atoms with Gasteiger partial charge in [-0.1, -0.05) is 12.1 Å². The number of nitrogens with zero attached hydrogens (tertiary/aromatic N) is 1. The molecule has 32 heavy (non-hydrogen) atoms. The highest BCUT2D eigenvalue weighted by Crippen LogP contribution is 2.18. The molecule has 1 unspecified atom stereocenters. The number of nitro benzene ring substituents is 1. The Labute approximate surface area is 183 Å². The SMILES string of the molecule is NC(=O)NCCCC(N)C(=O)Nc1ccc(COC(=O)Oc2ccc([N+](=O)[O-])cc2)cc1. The maximum Gasteiger partial charge on any atom is 0.514 e. The van der Waals surface area contributed by atoms with Gasteiger partial charge in [-0.15, -0.1) is 0 Å². The van der Waals surface area contributed by atoms with Crippen LogP contribution in [0.4, 0.5) is 21.0 Å². The third-order valence-electron chi connectivity index (χ3n) is 4.15. The van der Waals surface area contributed by atoms with Gasteiger partial charge in [-0.25, -0.2) is 9.59 Å². The van der Waals surface area contributed by atoms with Gasteiger partial charge in [0.2, 0.25) is 5.91 Å². The summed E-state index contributed by atoms with van der Waals surface area (Å²) in [5, 5.41) is 15.7. The normalized spacial score (nSPS) is 11.2. The Morgan fingerprint density at radius 2 is 1.72 bits per heavy atom. The fourth-order valence-electron chi connectivity index (χ4n) is 2.49. The second-order valence-corrected chi connectivity index (χ2v) is 6.62. The molecule has 170 valence electrons. The number of urea groups is 1. The monoisotopic (exact) mass is 445 g/mol. The van der Waals surface area contributed by atoms with Crippen molar-refractivity contribution in [1.82, 2.24) is 5.32 Å². The predicted octanol–water partition coefficient (Wildman–Crippen LogP) is 2.02. The largest absolute Gasteiger partial charge is 0.514 e. The molecule has 0 aromatic heterocycles. The van der Waals surface area contributed by atoms with Crippen LogP contribution in [0.25, 0.3) is 0 Å². The first-order valence-electron chi connectivity index (χ1n) is 9.52. The first kappa shape index (κ1) is 24.1. The van der Waals surface area contributed by atoms with E-state index < -0.39 is 23.2 Å². The Balaban J connectivity index is 1.74. The van der Waals surface area contributed by atoms with Gasteiger partial charge in [-0.2, -0.15) is 0 Å². The van der Waals surface area contributed by atoms with Crippen LogP contribution in [-0.2, 0) is 16.1 Å². The number of carbonyl (C=O) groups excluding carboxylic acids is 3. The number of amides is 3. The van der Waals surface area contributed by atoms with Gasteiger partial charge in [-0.3, -0.25) is 14.9 Å². The van der Waals surface area contributed by atoms with Crippen LogP contribution in [0, 0.1) is 10.1 Å². The van der Waals surface area contributed by atoms with Crippen molar-refractivity contribution in [2.24, 2.45) is 11.5 Å². The molecule has 12 nitrogen and oxygen atoms in total. The molecule has 0 bridgehead atoms. The van der Waals surface area contributed by atoms with Gasteiger partial charge >= 0.3 is 12.2 Å². The fraction of sp³-hybridized carbons (Fsp3) is 0.250. The number of rotatable bonds is 10. The second kappa shape index (κ2) is 11.9. The summed E-state index contributed by atoms with van der Waals surface area (Å²) >= 11 is 0. The molecule has 2 rings (SSSR count). The molecule has 3 amide bonds. The second-order valence-electron chi connectivity index (χ2n) is 6.62. The van der Waals surface area contributed by atoms with E-state index in [1.165, 1.54) is 24.3 Å². The van der Waals surface area contributed by atoms with Gasteiger partial charge in [0, 0.05) is 24.4 Å². The molecule has 0 saturated heterocycles. The number of carbonyl (C=O) groups is 3. The topological polar surface area (TPSA) is 189 Å². The van der Waals surface area contributed by atoms with Gasteiger partial charge in [0.15, 0.2) is 0 Å². The van der Waals surface area contributed by atoms with Crippen LogP contribution in [0.3, 0.4) is 0 Å². The van der Waals surface area contributed by atoms with E-state index in [9.17, 15) is 24.5 Å². The summed E-state index contributed by atoms with van der Waals surface area (Å²) < 4.78 is 9.94. The van der Waals surface area contributed by atoms with E-state index in [0.29, 0.717) is 30.6 Å². The average molecular weight is 445 g/mol. The van der Waals surface area contributed by atoms with Crippen LogP contribution in [0.5, 0.6) is 5.75 Å². The molecular weight excluding hydrogens is 422 g/mol. The van der Waals surface area contributed by atoms with Crippen LogP contribution in [0.2, 0.25) is 0 Å². The van der Waals surface area contributed by atoms with Crippen LogP contribution in [0.15, 0.2) is 48.5 Å². The Morgan fingerprint density at radius 3 is 2.31 bits per heavy atom. The smallest absolute Gasteiger partial charge is 0.429 e. The predicted molar refractivity (Wildman–Crippen MR) is 114 cm³/mol. The van der Waals surface area contributed by atoms with Crippen LogP contribution in [0.1, 0.15) is 18.4 Å². The van der Waals surface area contributed by atoms with E-state index in [1.807, 2.05) is 0 Å². The molecular formula is C20H23N5O7. The first-order chi connectivity index (χ1) is 15.2. The molecule has 2 aromatic rings. The zero-order valence-electron chi connectivity index (χ0n) is 17.0. The maximum atomic E-state index is 12.1. The lowest BCUT2D eigenvalue weighted by Crippen LogP contribution is -2.37. The van der Waals surface area contributed by atoms with Crippen molar-refractivity contribution in [3.63, 3.8) is 0 Å². The van der Waals surface area contributed by atoms with Crippen molar-refractivity contribution in [3.8, 4) is 5.75 Å². The number of ether oxygens (including phenoxy) is 2. The summed E-state index contributed by atoms with van der Waals surface area (Å²) in [5.74, 6) is -0.264. The summed E-state index contributed by atoms with van der Waals surface area (Å²) in [5.41, 5.74) is 11.8. The van der Waals surface area contributed by atoms with Gasteiger partial charge in [0.05, 0.1) is 11.0 Å². The number of benzene rings is 2. The van der Waals surface area contributed by atoms with Gasteiger partial charge in [-0.05, 0) is 42.7 Å². The quantitative estimate of drug-likeness (QED) is 0.140. The van der Waals surface area contributed by atoms with Gasteiger partial charge in [0.1, 0.15) is 12.4 Å². The molecule has 0 heterocycles. The minimum Gasteiger partial charge on any atom is -0.429 e. The fourth-order valence-corrected chi connectivity index (χ4v) is 2.49. The Bertz CT molecular complexity index is 948. The third-order valence-corrected chi connectivity index (χ3v) is 4.15. The van der Waals surface area contributed by atoms with Crippen molar-refractivity contribution >= 4 is 29.5 Å².